The highest BCUT2D eigenvalue weighted by Gasteiger charge is 2.29. The van der Waals surface area contributed by atoms with E-state index < -0.39 is 10.0 Å². The van der Waals surface area contributed by atoms with Crippen LogP contribution in [-0.2, 0) is 14.8 Å². The molecule has 0 spiro atoms. The summed E-state index contributed by atoms with van der Waals surface area (Å²) in [5, 5.41) is 5.36. The lowest BCUT2D eigenvalue weighted by atomic mass is 10.1. The van der Waals surface area contributed by atoms with Crippen molar-refractivity contribution in [3.05, 3.63) is 52.4 Å². The Morgan fingerprint density at radius 1 is 1.22 bits per heavy atom. The molecule has 1 N–H and O–H groups in total. The Kier molecular flexibility index (Phi) is 6.54. The zero-order valence-electron chi connectivity index (χ0n) is 15.0. The minimum atomic E-state index is -3.42. The van der Waals surface area contributed by atoms with Gasteiger partial charge < -0.3 is 5.32 Å². The number of nitrogens with one attached hydrogen (secondary N) is 1. The van der Waals surface area contributed by atoms with E-state index in [1.807, 2.05) is 30.0 Å². The van der Waals surface area contributed by atoms with Gasteiger partial charge >= 0.3 is 0 Å². The molecule has 9 heteroatoms. The first-order valence-corrected chi connectivity index (χ1v) is 11.4. The van der Waals surface area contributed by atoms with Crippen molar-refractivity contribution >= 4 is 38.9 Å². The summed E-state index contributed by atoms with van der Waals surface area (Å²) in [6.45, 7) is 3.99. The molecule has 1 aliphatic heterocycles. The van der Waals surface area contributed by atoms with Gasteiger partial charge in [-0.05, 0) is 36.1 Å². The Morgan fingerprint density at radius 3 is 2.59 bits per heavy atom. The van der Waals surface area contributed by atoms with E-state index in [1.165, 1.54) is 15.6 Å². The monoisotopic (exact) mass is 427 g/mol. The van der Waals surface area contributed by atoms with E-state index in [0.717, 1.165) is 5.56 Å². The fraction of sp³-hybridized carbons (Fsp3) is 0.389. The first-order chi connectivity index (χ1) is 12.9. The molecule has 1 atom stereocenters. The molecule has 2 aromatic rings. The smallest absolute Gasteiger partial charge is 0.252 e. The predicted molar refractivity (Wildman–Crippen MR) is 108 cm³/mol. The van der Waals surface area contributed by atoms with Gasteiger partial charge in [-0.1, -0.05) is 29.8 Å². The summed E-state index contributed by atoms with van der Waals surface area (Å²) >= 11 is 7.22. The average molecular weight is 428 g/mol. The lowest BCUT2D eigenvalue weighted by molar-refractivity contribution is -0.123. The number of hydrogen-bond donors (Lipinski definition) is 1. The van der Waals surface area contributed by atoms with Crippen molar-refractivity contribution in [3.8, 4) is 0 Å². The van der Waals surface area contributed by atoms with Crippen molar-refractivity contribution in [2.24, 2.45) is 0 Å². The predicted octanol–water partition coefficient (Wildman–Crippen LogP) is 2.59. The van der Waals surface area contributed by atoms with E-state index >= 15 is 0 Å². The maximum atomic E-state index is 12.5. The van der Waals surface area contributed by atoms with Crippen molar-refractivity contribution < 1.29 is 13.2 Å². The molecule has 6 nitrogen and oxygen atoms in total. The van der Waals surface area contributed by atoms with Crippen molar-refractivity contribution in [3.63, 3.8) is 0 Å². The van der Waals surface area contributed by atoms with E-state index in [-0.39, 0.29) is 18.5 Å². The second kappa shape index (κ2) is 8.70. The molecule has 1 aromatic carbocycles. The SMILES string of the molecule is CC(NC(=O)CN1CCN(S(=O)(=O)c2cccs2)CC1)c1cccc(Cl)c1. The molecule has 1 fully saturated rings. The fourth-order valence-electron chi connectivity index (χ4n) is 3.01. The van der Waals surface area contributed by atoms with Gasteiger partial charge in [0, 0.05) is 31.2 Å². The minimum absolute atomic E-state index is 0.0861. The zero-order chi connectivity index (χ0) is 19.4. The van der Waals surface area contributed by atoms with Crippen LogP contribution in [0, 0.1) is 0 Å². The van der Waals surface area contributed by atoms with Crippen LogP contribution in [0.1, 0.15) is 18.5 Å². The van der Waals surface area contributed by atoms with Crippen molar-refractivity contribution in [1.29, 1.82) is 0 Å². The number of nitrogens with zero attached hydrogens (tertiary/aromatic N) is 2. The summed E-state index contributed by atoms with van der Waals surface area (Å²) in [5.41, 5.74) is 0.947. The van der Waals surface area contributed by atoms with E-state index in [2.05, 4.69) is 5.32 Å². The van der Waals surface area contributed by atoms with Crippen molar-refractivity contribution in [2.75, 3.05) is 32.7 Å². The Hall–Kier alpha value is -1.45. The van der Waals surface area contributed by atoms with Gasteiger partial charge in [0.1, 0.15) is 4.21 Å². The van der Waals surface area contributed by atoms with Gasteiger partial charge in [-0.3, -0.25) is 9.69 Å². The van der Waals surface area contributed by atoms with Crippen LogP contribution in [0.25, 0.3) is 0 Å². The summed E-state index contributed by atoms with van der Waals surface area (Å²) in [4.78, 5) is 14.3. The average Bonchev–Trinajstić information content (AvgIpc) is 3.17. The quantitative estimate of drug-likeness (QED) is 0.769. The molecule has 1 aliphatic rings. The number of carbonyl (C=O) groups is 1. The molecular weight excluding hydrogens is 406 g/mol. The number of thiophene rings is 1. The number of sulfonamides is 1. The highest BCUT2D eigenvalue weighted by Crippen LogP contribution is 2.22. The maximum absolute atomic E-state index is 12.5. The largest absolute Gasteiger partial charge is 0.348 e. The third-order valence-electron chi connectivity index (χ3n) is 4.51. The molecule has 1 unspecified atom stereocenters. The summed E-state index contributed by atoms with van der Waals surface area (Å²) in [6.07, 6.45) is 0. The van der Waals surface area contributed by atoms with E-state index in [4.69, 9.17) is 11.6 Å². The van der Waals surface area contributed by atoms with Gasteiger partial charge in [-0.2, -0.15) is 4.31 Å². The van der Waals surface area contributed by atoms with Gasteiger partial charge in [-0.15, -0.1) is 11.3 Å². The normalized spacial score (nSPS) is 17.6. The van der Waals surface area contributed by atoms with E-state index in [0.29, 0.717) is 35.4 Å². The van der Waals surface area contributed by atoms with Crippen LogP contribution in [0.3, 0.4) is 0 Å². The molecule has 27 heavy (non-hydrogen) atoms. The van der Waals surface area contributed by atoms with Crippen molar-refractivity contribution in [2.45, 2.75) is 17.2 Å². The molecule has 1 amide bonds. The van der Waals surface area contributed by atoms with Crippen LogP contribution in [0.2, 0.25) is 5.02 Å². The van der Waals surface area contributed by atoms with E-state index in [1.54, 1.807) is 23.6 Å². The second-order valence-electron chi connectivity index (χ2n) is 6.46. The van der Waals surface area contributed by atoms with Gasteiger partial charge in [0.05, 0.1) is 12.6 Å². The highest BCUT2D eigenvalue weighted by atomic mass is 35.5. The lowest BCUT2D eigenvalue weighted by Crippen LogP contribution is -2.51. The molecule has 0 aliphatic carbocycles. The molecule has 2 heterocycles. The number of rotatable bonds is 6. The third kappa shape index (κ3) is 5.08. The first kappa shape index (κ1) is 20.3. The highest BCUT2D eigenvalue weighted by molar-refractivity contribution is 7.91. The summed E-state index contributed by atoms with van der Waals surface area (Å²) in [6, 6.07) is 10.6. The molecule has 1 aromatic heterocycles. The number of amides is 1. The summed E-state index contributed by atoms with van der Waals surface area (Å²) in [7, 11) is -3.42. The Labute approximate surface area is 168 Å². The van der Waals surface area contributed by atoms with Gasteiger partial charge in [0.2, 0.25) is 5.91 Å². The third-order valence-corrected chi connectivity index (χ3v) is 8.02. The van der Waals surface area contributed by atoms with Crippen LogP contribution in [0.4, 0.5) is 0 Å². The van der Waals surface area contributed by atoms with Gasteiger partial charge in [0.15, 0.2) is 0 Å². The molecule has 146 valence electrons. The Morgan fingerprint density at radius 2 is 1.96 bits per heavy atom. The first-order valence-electron chi connectivity index (χ1n) is 8.67. The van der Waals surface area contributed by atoms with Gasteiger partial charge in [-0.25, -0.2) is 8.42 Å². The maximum Gasteiger partial charge on any atom is 0.252 e. The van der Waals surface area contributed by atoms with Crippen LogP contribution < -0.4 is 5.32 Å². The van der Waals surface area contributed by atoms with Gasteiger partial charge in [0.25, 0.3) is 10.0 Å². The Bertz CT molecular complexity index is 879. The second-order valence-corrected chi connectivity index (χ2v) is 10.0. The standard InChI is InChI=1S/C18H22ClN3O3S2/c1-14(15-4-2-5-16(19)12-15)20-17(23)13-21-7-9-22(10-8-21)27(24,25)18-6-3-11-26-18/h2-6,11-12,14H,7-10,13H2,1H3,(H,20,23). The summed E-state index contributed by atoms with van der Waals surface area (Å²) in [5.74, 6) is -0.0861. The lowest BCUT2D eigenvalue weighted by Gasteiger charge is -2.33. The molecule has 3 rings (SSSR count). The van der Waals surface area contributed by atoms with E-state index in [9.17, 15) is 13.2 Å². The summed E-state index contributed by atoms with van der Waals surface area (Å²) < 4.78 is 26.9. The fourth-order valence-corrected chi connectivity index (χ4v) is 5.78. The zero-order valence-corrected chi connectivity index (χ0v) is 17.4. The number of benzene rings is 1. The Balaban J connectivity index is 1.49. The topological polar surface area (TPSA) is 69.7 Å². The number of piperazine rings is 1. The molecule has 0 saturated carbocycles. The van der Waals surface area contributed by atoms with Crippen LogP contribution in [0.5, 0.6) is 0 Å². The van der Waals surface area contributed by atoms with Crippen molar-refractivity contribution in [1.82, 2.24) is 14.5 Å². The molecule has 0 radical (unpaired) electrons. The number of carbonyl (C=O) groups excluding carboxylic acids is 1. The van der Waals surface area contributed by atoms with Crippen LogP contribution >= 0.6 is 22.9 Å². The molecule has 1 saturated heterocycles. The van der Waals surface area contributed by atoms with Crippen LogP contribution in [-0.4, -0.2) is 56.3 Å². The minimum Gasteiger partial charge on any atom is -0.348 e. The molecule has 0 bridgehead atoms. The van der Waals surface area contributed by atoms with Crippen LogP contribution in [0.15, 0.2) is 46.0 Å². The number of hydrogen-bond acceptors (Lipinski definition) is 5. The number of halogens is 1. The molecular formula is C18H22ClN3O3S2.